The molecular formula is C13H22N2O3. The number of fused-ring (bicyclic) bond motifs is 1. The fraction of sp³-hybridized carbons (Fsp3) is 0.846. The molecule has 0 bridgehead atoms. The predicted molar refractivity (Wildman–Crippen MR) is 66.5 cm³/mol. The molecule has 1 unspecified atom stereocenters. The summed E-state index contributed by atoms with van der Waals surface area (Å²) in [5.74, 6) is -0.335. The lowest BCUT2D eigenvalue weighted by Crippen LogP contribution is -2.48. The maximum Gasteiger partial charge on any atom is 0.318 e. The van der Waals surface area contributed by atoms with Gasteiger partial charge in [0.15, 0.2) is 0 Å². The molecule has 0 aromatic carbocycles. The summed E-state index contributed by atoms with van der Waals surface area (Å²) >= 11 is 0. The van der Waals surface area contributed by atoms with Crippen LogP contribution in [0.15, 0.2) is 0 Å². The van der Waals surface area contributed by atoms with Gasteiger partial charge in [-0.05, 0) is 25.2 Å². The molecule has 102 valence electrons. The Morgan fingerprint density at radius 1 is 1.50 bits per heavy atom. The van der Waals surface area contributed by atoms with Gasteiger partial charge in [0.05, 0.1) is 12.8 Å². The summed E-state index contributed by atoms with van der Waals surface area (Å²) in [5.41, 5.74) is 0.302. The van der Waals surface area contributed by atoms with Gasteiger partial charge >= 0.3 is 5.97 Å². The molecule has 0 aromatic heterocycles. The fourth-order valence-electron chi connectivity index (χ4n) is 3.01. The van der Waals surface area contributed by atoms with Crippen molar-refractivity contribution in [2.75, 3.05) is 13.2 Å². The standard InChI is InChI=1S/C13H22N2O3/c1-5-18-12(17)7(2)11(16)15-10-9-8(6-14-10)13(9,3)4/h7-10,14H,5-6H2,1-4H3,(H,15,16)/t7?,8-,9-,10-/m0/s1. The minimum Gasteiger partial charge on any atom is -0.465 e. The fourth-order valence-corrected chi connectivity index (χ4v) is 3.01. The van der Waals surface area contributed by atoms with Crippen molar-refractivity contribution in [1.29, 1.82) is 0 Å². The van der Waals surface area contributed by atoms with Gasteiger partial charge < -0.3 is 10.1 Å². The lowest BCUT2D eigenvalue weighted by Gasteiger charge is -2.21. The molecule has 1 heterocycles. The van der Waals surface area contributed by atoms with Gasteiger partial charge in [-0.25, -0.2) is 0 Å². The number of carbonyl (C=O) groups is 2. The molecule has 5 nitrogen and oxygen atoms in total. The Balaban J connectivity index is 1.87. The van der Waals surface area contributed by atoms with Crippen LogP contribution in [0.25, 0.3) is 0 Å². The van der Waals surface area contributed by atoms with Crippen molar-refractivity contribution in [3.05, 3.63) is 0 Å². The van der Waals surface area contributed by atoms with Gasteiger partial charge in [-0.15, -0.1) is 0 Å². The Bertz CT molecular complexity index is 367. The lowest BCUT2D eigenvalue weighted by atomic mass is 10.1. The van der Waals surface area contributed by atoms with E-state index in [2.05, 4.69) is 24.5 Å². The summed E-state index contributed by atoms with van der Waals surface area (Å²) in [6, 6.07) is 0. The van der Waals surface area contributed by atoms with E-state index in [1.165, 1.54) is 0 Å². The normalized spacial score (nSPS) is 33.4. The van der Waals surface area contributed by atoms with E-state index >= 15 is 0 Å². The van der Waals surface area contributed by atoms with Gasteiger partial charge in [-0.3, -0.25) is 14.9 Å². The zero-order chi connectivity index (χ0) is 13.5. The summed E-state index contributed by atoms with van der Waals surface area (Å²) in [6.07, 6.45) is -0.00521. The van der Waals surface area contributed by atoms with Gasteiger partial charge in [0.1, 0.15) is 5.92 Å². The van der Waals surface area contributed by atoms with Crippen molar-refractivity contribution < 1.29 is 14.3 Å². The van der Waals surface area contributed by atoms with Crippen LogP contribution in [-0.4, -0.2) is 31.2 Å². The molecule has 5 heteroatoms. The van der Waals surface area contributed by atoms with E-state index in [9.17, 15) is 9.59 Å². The van der Waals surface area contributed by atoms with Crippen molar-refractivity contribution >= 4 is 11.9 Å². The highest BCUT2D eigenvalue weighted by Gasteiger charge is 2.64. The summed E-state index contributed by atoms with van der Waals surface area (Å²) in [5, 5.41) is 6.20. The highest BCUT2D eigenvalue weighted by molar-refractivity contribution is 5.97. The molecule has 0 aromatic rings. The quantitative estimate of drug-likeness (QED) is 0.566. The molecule has 18 heavy (non-hydrogen) atoms. The van der Waals surface area contributed by atoms with Crippen LogP contribution >= 0.6 is 0 Å². The van der Waals surface area contributed by atoms with Crippen LogP contribution in [0.5, 0.6) is 0 Å². The molecule has 1 aliphatic carbocycles. The maximum atomic E-state index is 11.9. The van der Waals surface area contributed by atoms with Gasteiger partial charge in [0, 0.05) is 12.5 Å². The average molecular weight is 254 g/mol. The minimum atomic E-state index is -0.743. The highest BCUT2D eigenvalue weighted by atomic mass is 16.5. The Morgan fingerprint density at radius 2 is 2.17 bits per heavy atom. The number of amides is 1. The largest absolute Gasteiger partial charge is 0.465 e. The molecule has 2 aliphatic rings. The first-order valence-corrected chi connectivity index (χ1v) is 6.60. The van der Waals surface area contributed by atoms with Crippen molar-refractivity contribution in [1.82, 2.24) is 10.6 Å². The zero-order valence-electron chi connectivity index (χ0n) is 11.4. The summed E-state index contributed by atoms with van der Waals surface area (Å²) < 4.78 is 4.85. The highest BCUT2D eigenvalue weighted by Crippen LogP contribution is 2.61. The molecule has 2 rings (SSSR count). The zero-order valence-corrected chi connectivity index (χ0v) is 11.4. The number of hydrogen-bond acceptors (Lipinski definition) is 4. The Labute approximate surface area is 108 Å². The molecule has 2 N–H and O–H groups in total. The van der Waals surface area contributed by atoms with E-state index in [1.807, 2.05) is 0 Å². The monoisotopic (exact) mass is 254 g/mol. The Kier molecular flexibility index (Phi) is 3.36. The van der Waals surface area contributed by atoms with Gasteiger partial charge in [-0.1, -0.05) is 13.8 Å². The SMILES string of the molecule is CCOC(=O)C(C)C(=O)N[C@@H]1NC[C@H]2[C@@H]1C2(C)C. The molecule has 1 aliphatic heterocycles. The van der Waals surface area contributed by atoms with Crippen LogP contribution in [0, 0.1) is 23.2 Å². The molecule has 1 saturated carbocycles. The van der Waals surface area contributed by atoms with Gasteiger partial charge in [-0.2, -0.15) is 0 Å². The summed E-state index contributed by atoms with van der Waals surface area (Å²) in [4.78, 5) is 23.4. The summed E-state index contributed by atoms with van der Waals surface area (Å²) in [6.45, 7) is 9.00. The minimum absolute atomic E-state index is 0.00521. The molecule has 4 atom stereocenters. The number of piperidine rings is 1. The lowest BCUT2D eigenvalue weighted by molar-refractivity contribution is -0.151. The maximum absolute atomic E-state index is 11.9. The van der Waals surface area contributed by atoms with Crippen LogP contribution in [0.4, 0.5) is 0 Å². The second-order valence-electron chi connectivity index (χ2n) is 5.82. The number of ether oxygens (including phenoxy) is 1. The third-order valence-corrected chi connectivity index (χ3v) is 4.39. The molecule has 1 saturated heterocycles. The molecule has 2 fully saturated rings. The second-order valence-corrected chi connectivity index (χ2v) is 5.82. The van der Waals surface area contributed by atoms with Crippen LogP contribution in [0.1, 0.15) is 27.7 Å². The van der Waals surface area contributed by atoms with E-state index in [1.54, 1.807) is 13.8 Å². The molecule has 1 amide bonds. The van der Waals surface area contributed by atoms with E-state index in [-0.39, 0.29) is 12.1 Å². The van der Waals surface area contributed by atoms with E-state index in [0.29, 0.717) is 23.9 Å². The smallest absolute Gasteiger partial charge is 0.318 e. The Morgan fingerprint density at radius 3 is 2.67 bits per heavy atom. The Hall–Kier alpha value is -1.10. The van der Waals surface area contributed by atoms with Gasteiger partial charge in [0.2, 0.25) is 5.91 Å². The van der Waals surface area contributed by atoms with Gasteiger partial charge in [0.25, 0.3) is 0 Å². The van der Waals surface area contributed by atoms with Crippen LogP contribution in [0.2, 0.25) is 0 Å². The average Bonchev–Trinajstić information content (AvgIpc) is 2.68. The number of nitrogens with one attached hydrogen (secondary N) is 2. The first-order valence-electron chi connectivity index (χ1n) is 6.60. The third-order valence-electron chi connectivity index (χ3n) is 4.39. The molecule has 0 spiro atoms. The van der Waals surface area contributed by atoms with E-state index in [0.717, 1.165) is 6.54 Å². The van der Waals surface area contributed by atoms with Crippen LogP contribution in [0.3, 0.4) is 0 Å². The molecule has 0 radical (unpaired) electrons. The van der Waals surface area contributed by atoms with Crippen LogP contribution < -0.4 is 10.6 Å². The van der Waals surface area contributed by atoms with Crippen molar-refractivity contribution in [2.24, 2.45) is 23.2 Å². The van der Waals surface area contributed by atoms with E-state index in [4.69, 9.17) is 4.74 Å². The number of carbonyl (C=O) groups excluding carboxylic acids is 2. The topological polar surface area (TPSA) is 67.4 Å². The predicted octanol–water partition coefficient (Wildman–Crippen LogP) is 0.503. The third kappa shape index (κ3) is 2.11. The molecular weight excluding hydrogens is 232 g/mol. The second kappa shape index (κ2) is 4.53. The first-order chi connectivity index (χ1) is 8.39. The number of rotatable bonds is 4. The van der Waals surface area contributed by atoms with Crippen molar-refractivity contribution in [3.63, 3.8) is 0 Å². The number of hydrogen-bond donors (Lipinski definition) is 2. The van der Waals surface area contributed by atoms with Crippen molar-refractivity contribution in [2.45, 2.75) is 33.9 Å². The van der Waals surface area contributed by atoms with Crippen LogP contribution in [-0.2, 0) is 14.3 Å². The summed E-state index contributed by atoms with van der Waals surface area (Å²) in [7, 11) is 0. The number of esters is 1. The van der Waals surface area contributed by atoms with E-state index < -0.39 is 11.9 Å². The van der Waals surface area contributed by atoms with Crippen molar-refractivity contribution in [3.8, 4) is 0 Å². The first kappa shape index (κ1) is 13.3.